The van der Waals surface area contributed by atoms with E-state index in [9.17, 15) is 14.4 Å². The van der Waals surface area contributed by atoms with E-state index >= 15 is 0 Å². The molecule has 28 heavy (non-hydrogen) atoms. The summed E-state index contributed by atoms with van der Waals surface area (Å²) in [7, 11) is 1.55. The summed E-state index contributed by atoms with van der Waals surface area (Å²) in [5, 5.41) is 0. The van der Waals surface area contributed by atoms with Crippen molar-refractivity contribution in [3.8, 4) is 0 Å². The minimum Gasteiger partial charge on any atom is -0.359 e. The Morgan fingerprint density at radius 3 is 2.32 bits per heavy atom. The molecule has 5 heteroatoms. The number of ether oxygens (including phenoxy) is 2. The van der Waals surface area contributed by atoms with E-state index in [0.717, 1.165) is 12.0 Å². The van der Waals surface area contributed by atoms with Crippen LogP contribution in [-0.4, -0.2) is 37.4 Å². The summed E-state index contributed by atoms with van der Waals surface area (Å²) in [6, 6.07) is 0. The third kappa shape index (κ3) is 4.20. The van der Waals surface area contributed by atoms with Crippen LogP contribution in [0.4, 0.5) is 0 Å². The molecule has 2 saturated carbocycles. The van der Waals surface area contributed by atoms with E-state index in [2.05, 4.69) is 6.08 Å². The summed E-state index contributed by atoms with van der Waals surface area (Å²) in [4.78, 5) is 39.3. The smallest absolute Gasteiger partial charge is 0.157 e. The number of ketones is 3. The van der Waals surface area contributed by atoms with Gasteiger partial charge in [-0.1, -0.05) is 30.2 Å². The van der Waals surface area contributed by atoms with E-state index in [-0.39, 0.29) is 36.7 Å². The lowest BCUT2D eigenvalue weighted by molar-refractivity contribution is -0.191. The second-order valence-electron chi connectivity index (χ2n) is 9.02. The van der Waals surface area contributed by atoms with Gasteiger partial charge in [-0.3, -0.25) is 14.4 Å². The topological polar surface area (TPSA) is 69.7 Å². The van der Waals surface area contributed by atoms with E-state index in [1.165, 1.54) is 5.57 Å². The van der Waals surface area contributed by atoms with Crippen molar-refractivity contribution in [2.45, 2.75) is 72.8 Å². The molecule has 4 unspecified atom stereocenters. The number of fused-ring (bicyclic) bond motifs is 2. The molecule has 0 aromatic heterocycles. The Morgan fingerprint density at radius 1 is 1.11 bits per heavy atom. The van der Waals surface area contributed by atoms with E-state index in [4.69, 9.17) is 9.47 Å². The first-order chi connectivity index (χ1) is 13.1. The van der Waals surface area contributed by atoms with Gasteiger partial charge in [0, 0.05) is 12.5 Å². The number of rotatable bonds is 8. The number of allylic oxidation sites excluding steroid dienone is 4. The number of carbonyl (C=O) groups is 3. The Morgan fingerprint density at radius 2 is 1.75 bits per heavy atom. The summed E-state index contributed by atoms with van der Waals surface area (Å²) >= 11 is 0. The third-order valence-corrected chi connectivity index (χ3v) is 6.33. The van der Waals surface area contributed by atoms with Crippen LogP contribution in [0.25, 0.3) is 0 Å². The molecule has 4 atom stereocenters. The predicted octanol–water partition coefficient (Wildman–Crippen LogP) is 4.20. The van der Waals surface area contributed by atoms with Crippen LogP contribution in [0.3, 0.4) is 0 Å². The summed E-state index contributed by atoms with van der Waals surface area (Å²) in [6.45, 7) is 9.99. The Hall–Kier alpha value is -1.59. The van der Waals surface area contributed by atoms with E-state index in [1.807, 2.05) is 40.7 Å². The lowest BCUT2D eigenvalue weighted by Crippen LogP contribution is -2.64. The van der Waals surface area contributed by atoms with E-state index in [1.54, 1.807) is 7.11 Å². The van der Waals surface area contributed by atoms with Crippen LogP contribution in [0.1, 0.15) is 66.7 Å². The predicted molar refractivity (Wildman–Crippen MR) is 108 cm³/mol. The third-order valence-electron chi connectivity index (χ3n) is 6.33. The molecule has 2 rings (SSSR count). The summed E-state index contributed by atoms with van der Waals surface area (Å²) in [5.41, 5.74) is 0.454. The highest BCUT2D eigenvalue weighted by atomic mass is 16.7. The lowest BCUT2D eigenvalue weighted by atomic mass is 9.48. The van der Waals surface area contributed by atoms with Gasteiger partial charge in [-0.2, -0.15) is 0 Å². The van der Waals surface area contributed by atoms with Gasteiger partial charge in [0.2, 0.25) is 0 Å². The van der Waals surface area contributed by atoms with Crippen molar-refractivity contribution >= 4 is 17.3 Å². The van der Waals surface area contributed by atoms with Gasteiger partial charge in [-0.15, -0.1) is 0 Å². The molecule has 0 radical (unpaired) electrons. The molecule has 0 aromatic rings. The summed E-state index contributed by atoms with van der Waals surface area (Å²) in [6.07, 6.45) is 5.58. The fourth-order valence-electron chi connectivity index (χ4n) is 4.66. The molecule has 2 aliphatic rings. The van der Waals surface area contributed by atoms with Crippen LogP contribution in [0, 0.1) is 16.7 Å². The van der Waals surface area contributed by atoms with Gasteiger partial charge >= 0.3 is 0 Å². The molecular formula is C23H34O5. The fourth-order valence-corrected chi connectivity index (χ4v) is 4.66. The number of hydrogen-bond acceptors (Lipinski definition) is 5. The average Bonchev–Trinajstić information content (AvgIpc) is 2.59. The number of Topliss-reactive ketones (excluding diaryl/α,β-unsaturated/α-hetero) is 3. The van der Waals surface area contributed by atoms with E-state index in [0.29, 0.717) is 19.3 Å². The minimum absolute atomic E-state index is 0.0743. The lowest BCUT2D eigenvalue weighted by Gasteiger charge is -2.54. The largest absolute Gasteiger partial charge is 0.359 e. The van der Waals surface area contributed by atoms with Crippen molar-refractivity contribution in [1.29, 1.82) is 0 Å². The van der Waals surface area contributed by atoms with E-state index < -0.39 is 16.7 Å². The first kappa shape index (κ1) is 22.7. The molecule has 156 valence electrons. The first-order valence-corrected chi connectivity index (χ1v) is 10.1. The molecule has 5 nitrogen and oxygen atoms in total. The highest BCUT2D eigenvalue weighted by Crippen LogP contribution is 2.55. The molecule has 0 amide bonds. The van der Waals surface area contributed by atoms with Crippen LogP contribution < -0.4 is 0 Å². The zero-order valence-corrected chi connectivity index (χ0v) is 18.1. The minimum atomic E-state index is -1.15. The van der Waals surface area contributed by atoms with Gasteiger partial charge in [0.25, 0.3) is 0 Å². The van der Waals surface area contributed by atoms with Gasteiger partial charge in [0.05, 0.1) is 23.9 Å². The Kier molecular flexibility index (Phi) is 7.16. The molecule has 0 saturated heterocycles. The Bertz CT molecular complexity index is 696. The van der Waals surface area contributed by atoms with Gasteiger partial charge in [0.15, 0.2) is 17.3 Å². The molecule has 0 aromatic carbocycles. The second-order valence-corrected chi connectivity index (χ2v) is 9.02. The fraction of sp³-hybridized carbons (Fsp3) is 0.696. The maximum atomic E-state index is 13.5. The molecule has 0 N–H and O–H groups in total. The molecular weight excluding hydrogens is 356 g/mol. The first-order valence-electron chi connectivity index (χ1n) is 10.1. The van der Waals surface area contributed by atoms with Crippen molar-refractivity contribution in [3.63, 3.8) is 0 Å². The number of methoxy groups -OCH3 is 1. The van der Waals surface area contributed by atoms with Crippen molar-refractivity contribution in [2.75, 3.05) is 13.9 Å². The molecule has 0 aliphatic heterocycles. The molecule has 2 bridgehead atoms. The van der Waals surface area contributed by atoms with Crippen LogP contribution in [0.5, 0.6) is 0 Å². The number of carbonyl (C=O) groups excluding carboxylic acids is 3. The maximum absolute atomic E-state index is 13.5. The van der Waals surface area contributed by atoms with Crippen LogP contribution >= 0.6 is 0 Å². The van der Waals surface area contributed by atoms with Crippen molar-refractivity contribution in [3.05, 3.63) is 23.3 Å². The highest BCUT2D eigenvalue weighted by molar-refractivity contribution is 6.25. The summed E-state index contributed by atoms with van der Waals surface area (Å²) in [5.74, 6) is -1.51. The SMILES string of the molecule is COCOC1CC2(CC=C(C)C)C(=O)CC(=O)C(C2=O)C1(C)CCC=C(C)C. The summed E-state index contributed by atoms with van der Waals surface area (Å²) < 4.78 is 11.1. The second kappa shape index (κ2) is 8.83. The zero-order chi connectivity index (χ0) is 21.1. The van der Waals surface area contributed by atoms with Crippen molar-refractivity contribution < 1.29 is 23.9 Å². The van der Waals surface area contributed by atoms with Gasteiger partial charge in [-0.25, -0.2) is 0 Å². The standard InChI is InChI=1S/C23H34O5/c1-15(2)8-7-10-22(5)19(28-14-27-6)13-23(11-9-16(3)4)18(25)12-17(24)20(22)21(23)26/h8-9,19-20H,7,10-14H2,1-6H3. The highest BCUT2D eigenvalue weighted by Gasteiger charge is 2.65. The quantitative estimate of drug-likeness (QED) is 0.353. The van der Waals surface area contributed by atoms with Crippen LogP contribution in [0.15, 0.2) is 23.3 Å². The van der Waals surface area contributed by atoms with Gasteiger partial charge in [0.1, 0.15) is 6.79 Å². The van der Waals surface area contributed by atoms with Crippen molar-refractivity contribution in [1.82, 2.24) is 0 Å². The Balaban J connectivity index is 2.49. The number of hydrogen-bond donors (Lipinski definition) is 0. The molecule has 0 heterocycles. The molecule has 2 fully saturated rings. The average molecular weight is 391 g/mol. The van der Waals surface area contributed by atoms with Crippen molar-refractivity contribution in [2.24, 2.45) is 16.7 Å². The van der Waals surface area contributed by atoms with Gasteiger partial charge < -0.3 is 9.47 Å². The van der Waals surface area contributed by atoms with Gasteiger partial charge in [-0.05, 0) is 53.4 Å². The zero-order valence-electron chi connectivity index (χ0n) is 18.1. The molecule has 2 aliphatic carbocycles. The maximum Gasteiger partial charge on any atom is 0.157 e. The van der Waals surface area contributed by atoms with Crippen LogP contribution in [0.2, 0.25) is 0 Å². The van der Waals surface area contributed by atoms with Crippen LogP contribution in [-0.2, 0) is 23.9 Å². The Labute approximate surface area is 168 Å². The molecule has 0 spiro atoms. The normalized spacial score (nSPS) is 32.3. The monoisotopic (exact) mass is 390 g/mol.